The molecule has 0 rings (SSSR count). The van der Waals surface area contributed by atoms with E-state index in [2.05, 4.69) is 20.8 Å². The molecule has 39 heavy (non-hydrogen) atoms. The monoisotopic (exact) mass is 554 g/mol. The molecule has 0 fully saturated rings. The number of unbranched alkanes of at least 4 members (excludes halogenated alkanes) is 18. The fourth-order valence-corrected chi connectivity index (χ4v) is 4.56. The normalized spacial score (nSPS) is 11.8. The van der Waals surface area contributed by atoms with Crippen LogP contribution in [0.3, 0.4) is 0 Å². The Morgan fingerprint density at radius 2 is 0.692 bits per heavy atom. The van der Waals surface area contributed by atoms with E-state index in [1.165, 1.54) is 70.6 Å². The van der Waals surface area contributed by atoms with Gasteiger partial charge < -0.3 is 14.2 Å². The highest BCUT2D eigenvalue weighted by Crippen LogP contribution is 2.13. The van der Waals surface area contributed by atoms with Crippen molar-refractivity contribution in [3.63, 3.8) is 0 Å². The fourth-order valence-electron chi connectivity index (χ4n) is 4.56. The van der Waals surface area contributed by atoms with Crippen molar-refractivity contribution in [1.82, 2.24) is 0 Å². The molecule has 0 aromatic rings. The molecule has 0 spiro atoms. The van der Waals surface area contributed by atoms with Crippen molar-refractivity contribution in [3.8, 4) is 0 Å². The van der Waals surface area contributed by atoms with Gasteiger partial charge in [0.05, 0.1) is 0 Å². The van der Waals surface area contributed by atoms with Gasteiger partial charge in [-0.3, -0.25) is 14.4 Å². The summed E-state index contributed by atoms with van der Waals surface area (Å²) in [6, 6.07) is 0. The minimum Gasteiger partial charge on any atom is -0.462 e. The molecule has 0 amide bonds. The minimum atomic E-state index is -0.752. The van der Waals surface area contributed by atoms with Gasteiger partial charge in [-0.1, -0.05) is 136 Å². The fraction of sp³-hybridized carbons (Fsp3) is 0.909. The zero-order valence-corrected chi connectivity index (χ0v) is 25.9. The van der Waals surface area contributed by atoms with E-state index < -0.39 is 6.10 Å². The molecular formula is C33H62O6. The number of esters is 3. The molecule has 0 aliphatic rings. The molecule has 0 saturated heterocycles. The second-order valence-electron chi connectivity index (χ2n) is 11.1. The summed E-state index contributed by atoms with van der Waals surface area (Å²) in [6.45, 7) is 6.44. The number of hydrogen-bond acceptors (Lipinski definition) is 6. The maximum absolute atomic E-state index is 12.4. The summed E-state index contributed by atoms with van der Waals surface area (Å²) >= 11 is 0. The lowest BCUT2D eigenvalue weighted by molar-refractivity contribution is -0.167. The number of carbonyl (C=O) groups is 3. The molecule has 6 nitrogen and oxygen atoms in total. The Bertz CT molecular complexity index is 577. The molecule has 230 valence electrons. The number of hydrogen-bond donors (Lipinski definition) is 0. The summed E-state index contributed by atoms with van der Waals surface area (Å²) in [4.78, 5) is 36.8. The Labute approximate surface area is 240 Å². The van der Waals surface area contributed by atoms with E-state index in [1.807, 2.05) is 0 Å². The van der Waals surface area contributed by atoms with Gasteiger partial charge in [0.1, 0.15) is 13.2 Å². The van der Waals surface area contributed by atoms with E-state index in [1.54, 1.807) is 0 Å². The molecule has 0 aromatic heterocycles. The van der Waals surface area contributed by atoms with Crippen LogP contribution in [0.1, 0.15) is 175 Å². The van der Waals surface area contributed by atoms with E-state index in [9.17, 15) is 14.4 Å². The van der Waals surface area contributed by atoms with Crippen LogP contribution in [-0.2, 0) is 28.6 Å². The third-order valence-corrected chi connectivity index (χ3v) is 7.11. The second-order valence-corrected chi connectivity index (χ2v) is 11.1. The first-order chi connectivity index (χ1) is 19.0. The maximum Gasteiger partial charge on any atom is 0.306 e. The third-order valence-electron chi connectivity index (χ3n) is 7.11. The smallest absolute Gasteiger partial charge is 0.306 e. The predicted octanol–water partition coefficient (Wildman–Crippen LogP) is 9.41. The van der Waals surface area contributed by atoms with Crippen molar-refractivity contribution >= 4 is 17.9 Å². The van der Waals surface area contributed by atoms with Crippen LogP contribution in [-0.4, -0.2) is 37.2 Å². The minimum absolute atomic E-state index is 0.0669. The average Bonchev–Trinajstić information content (AvgIpc) is 2.93. The number of rotatable bonds is 29. The van der Waals surface area contributed by atoms with E-state index >= 15 is 0 Å². The Balaban J connectivity index is 4.28. The molecule has 0 aromatic carbocycles. The molecule has 0 heterocycles. The summed E-state index contributed by atoms with van der Waals surface area (Å²) in [7, 11) is 0. The Morgan fingerprint density at radius 3 is 1.03 bits per heavy atom. The van der Waals surface area contributed by atoms with Gasteiger partial charge in [0, 0.05) is 19.3 Å². The van der Waals surface area contributed by atoms with Crippen molar-refractivity contribution in [2.24, 2.45) is 0 Å². The van der Waals surface area contributed by atoms with Crippen LogP contribution < -0.4 is 0 Å². The molecular weight excluding hydrogens is 492 g/mol. The molecule has 0 aliphatic carbocycles. The van der Waals surface area contributed by atoms with Crippen LogP contribution in [0.5, 0.6) is 0 Å². The van der Waals surface area contributed by atoms with E-state index in [4.69, 9.17) is 14.2 Å². The SMILES string of the molecule is CCCCCCCCCCCCC(=O)OCC(COC(=O)CCCCCCC)OC(=O)CCCCCCCC. The standard InChI is InChI=1S/C33H62O6/c1-4-7-10-13-15-16-17-18-21-23-26-32(35)38-29-30(28-37-31(34)25-22-19-12-9-6-3)39-33(36)27-24-20-14-11-8-5-2/h30H,4-29H2,1-3H3. The third kappa shape index (κ3) is 27.8. The first-order valence-corrected chi connectivity index (χ1v) is 16.5. The van der Waals surface area contributed by atoms with Crippen LogP contribution >= 0.6 is 0 Å². The van der Waals surface area contributed by atoms with Gasteiger partial charge in [0.2, 0.25) is 0 Å². The molecule has 1 unspecified atom stereocenters. The first kappa shape index (κ1) is 37.4. The zero-order chi connectivity index (χ0) is 28.8. The summed E-state index contributed by atoms with van der Waals surface area (Å²) in [5, 5.41) is 0. The Morgan fingerprint density at radius 1 is 0.410 bits per heavy atom. The molecule has 0 N–H and O–H groups in total. The lowest BCUT2D eigenvalue weighted by Crippen LogP contribution is -2.30. The highest BCUT2D eigenvalue weighted by molar-refractivity contribution is 5.71. The van der Waals surface area contributed by atoms with Gasteiger partial charge in [-0.05, 0) is 19.3 Å². The largest absolute Gasteiger partial charge is 0.462 e. The maximum atomic E-state index is 12.4. The Kier molecular flexibility index (Phi) is 28.2. The van der Waals surface area contributed by atoms with Crippen molar-refractivity contribution in [2.75, 3.05) is 13.2 Å². The topological polar surface area (TPSA) is 78.9 Å². The molecule has 6 heteroatoms. The van der Waals surface area contributed by atoms with Gasteiger partial charge in [-0.2, -0.15) is 0 Å². The molecule has 0 aliphatic heterocycles. The van der Waals surface area contributed by atoms with E-state index in [0.717, 1.165) is 64.2 Å². The highest BCUT2D eigenvalue weighted by Gasteiger charge is 2.19. The van der Waals surface area contributed by atoms with Crippen molar-refractivity contribution in [1.29, 1.82) is 0 Å². The summed E-state index contributed by atoms with van der Waals surface area (Å²) in [5.41, 5.74) is 0. The van der Waals surface area contributed by atoms with Crippen LogP contribution in [0.2, 0.25) is 0 Å². The van der Waals surface area contributed by atoms with Crippen LogP contribution in [0.25, 0.3) is 0 Å². The van der Waals surface area contributed by atoms with Gasteiger partial charge in [0.25, 0.3) is 0 Å². The molecule has 0 radical (unpaired) electrons. The Hall–Kier alpha value is -1.59. The second kappa shape index (κ2) is 29.4. The summed E-state index contributed by atoms with van der Waals surface area (Å²) in [6.07, 6.45) is 24.2. The molecule has 0 saturated carbocycles. The molecule has 1 atom stereocenters. The van der Waals surface area contributed by atoms with Crippen LogP contribution in [0, 0.1) is 0 Å². The highest BCUT2D eigenvalue weighted by atomic mass is 16.6. The lowest BCUT2D eigenvalue weighted by atomic mass is 10.1. The lowest BCUT2D eigenvalue weighted by Gasteiger charge is -2.18. The molecule has 0 bridgehead atoms. The van der Waals surface area contributed by atoms with Gasteiger partial charge in [0.15, 0.2) is 6.10 Å². The van der Waals surface area contributed by atoms with Crippen LogP contribution in [0.4, 0.5) is 0 Å². The average molecular weight is 555 g/mol. The first-order valence-electron chi connectivity index (χ1n) is 16.5. The van der Waals surface area contributed by atoms with Gasteiger partial charge >= 0.3 is 17.9 Å². The predicted molar refractivity (Wildman–Crippen MR) is 160 cm³/mol. The van der Waals surface area contributed by atoms with Crippen molar-refractivity contribution in [2.45, 2.75) is 181 Å². The van der Waals surface area contributed by atoms with Crippen LogP contribution in [0.15, 0.2) is 0 Å². The van der Waals surface area contributed by atoms with E-state index in [-0.39, 0.29) is 31.1 Å². The summed E-state index contributed by atoms with van der Waals surface area (Å²) < 4.78 is 16.3. The van der Waals surface area contributed by atoms with Crippen molar-refractivity contribution < 1.29 is 28.6 Å². The zero-order valence-electron chi connectivity index (χ0n) is 25.9. The van der Waals surface area contributed by atoms with Gasteiger partial charge in [-0.15, -0.1) is 0 Å². The van der Waals surface area contributed by atoms with E-state index in [0.29, 0.717) is 19.3 Å². The number of carbonyl (C=O) groups excluding carboxylic acids is 3. The van der Waals surface area contributed by atoms with Gasteiger partial charge in [-0.25, -0.2) is 0 Å². The quantitative estimate of drug-likeness (QED) is 0.0520. The van der Waals surface area contributed by atoms with Crippen molar-refractivity contribution in [3.05, 3.63) is 0 Å². The summed E-state index contributed by atoms with van der Waals surface area (Å²) in [5.74, 6) is -0.897. The number of ether oxygens (including phenoxy) is 3.